The Hall–Kier alpha value is -4.46. The molecular formula is C38H30S. The fourth-order valence-corrected chi connectivity index (χ4v) is 6.67. The van der Waals surface area contributed by atoms with Crippen molar-refractivity contribution in [3.63, 3.8) is 0 Å². The third-order valence-corrected chi connectivity index (χ3v) is 8.44. The number of hydrogen-bond acceptors (Lipinski definition) is 1. The van der Waals surface area contributed by atoms with Crippen molar-refractivity contribution in [3.05, 3.63) is 152 Å². The molecule has 0 spiro atoms. The minimum absolute atomic E-state index is 0.943. The first-order valence-electron chi connectivity index (χ1n) is 13.4. The Morgan fingerprint density at radius 1 is 0.641 bits per heavy atom. The van der Waals surface area contributed by atoms with Crippen LogP contribution in [0.3, 0.4) is 0 Å². The zero-order valence-corrected chi connectivity index (χ0v) is 23.0. The van der Waals surface area contributed by atoms with E-state index in [1.54, 1.807) is 0 Å². The van der Waals surface area contributed by atoms with Gasteiger partial charge in [-0.1, -0.05) is 141 Å². The van der Waals surface area contributed by atoms with E-state index >= 15 is 0 Å². The van der Waals surface area contributed by atoms with Crippen molar-refractivity contribution in [3.8, 4) is 11.1 Å². The highest BCUT2D eigenvalue weighted by Crippen LogP contribution is 2.46. The number of hydrogen-bond donors (Lipinski definition) is 0. The van der Waals surface area contributed by atoms with Crippen LogP contribution in [-0.2, 0) is 0 Å². The fraction of sp³-hybridized carbons (Fsp3) is 0.0526. The summed E-state index contributed by atoms with van der Waals surface area (Å²) >= 11 is 1.88. The van der Waals surface area contributed by atoms with Crippen LogP contribution in [-0.4, -0.2) is 0 Å². The summed E-state index contributed by atoms with van der Waals surface area (Å²) in [5, 5.41) is 7.56. The second-order valence-electron chi connectivity index (χ2n) is 9.75. The lowest BCUT2D eigenvalue weighted by Crippen LogP contribution is -1.92. The molecule has 1 aromatic heterocycles. The normalized spacial score (nSPS) is 12.2. The van der Waals surface area contributed by atoms with Gasteiger partial charge < -0.3 is 0 Å². The molecule has 6 aromatic rings. The van der Waals surface area contributed by atoms with Crippen LogP contribution in [0.2, 0.25) is 0 Å². The number of thiophene rings is 1. The van der Waals surface area contributed by atoms with Gasteiger partial charge in [0.2, 0.25) is 0 Å². The summed E-state index contributed by atoms with van der Waals surface area (Å²) in [5.74, 6) is 0. The van der Waals surface area contributed by atoms with Crippen molar-refractivity contribution in [1.29, 1.82) is 0 Å². The highest BCUT2D eigenvalue weighted by atomic mass is 32.1. The molecule has 0 N–H and O–H groups in total. The molecule has 0 saturated carbocycles. The lowest BCUT2D eigenvalue weighted by atomic mass is 9.85. The summed E-state index contributed by atoms with van der Waals surface area (Å²) in [7, 11) is 0. The molecule has 1 heterocycles. The highest BCUT2D eigenvalue weighted by molar-refractivity contribution is 7.26. The Morgan fingerprint density at radius 3 is 1.95 bits per heavy atom. The van der Waals surface area contributed by atoms with Gasteiger partial charge in [-0.25, -0.2) is 0 Å². The van der Waals surface area contributed by atoms with Crippen molar-refractivity contribution >= 4 is 58.6 Å². The molecule has 0 radical (unpaired) electrons. The van der Waals surface area contributed by atoms with E-state index < -0.39 is 0 Å². The molecule has 5 aromatic carbocycles. The van der Waals surface area contributed by atoms with Gasteiger partial charge in [0.15, 0.2) is 0 Å². The van der Waals surface area contributed by atoms with Gasteiger partial charge in [0.05, 0.1) is 0 Å². The number of benzene rings is 5. The van der Waals surface area contributed by atoms with Crippen LogP contribution in [0, 0.1) is 0 Å². The van der Waals surface area contributed by atoms with Crippen molar-refractivity contribution < 1.29 is 0 Å². The van der Waals surface area contributed by atoms with Gasteiger partial charge in [0.1, 0.15) is 0 Å². The molecule has 0 amide bonds. The van der Waals surface area contributed by atoms with Gasteiger partial charge >= 0.3 is 0 Å². The van der Waals surface area contributed by atoms with Gasteiger partial charge in [0, 0.05) is 25.7 Å². The lowest BCUT2D eigenvalue weighted by molar-refractivity contribution is 1.22. The summed E-state index contributed by atoms with van der Waals surface area (Å²) in [6.45, 7) is 10.9. The first-order chi connectivity index (χ1) is 19.2. The van der Waals surface area contributed by atoms with E-state index in [0.717, 1.165) is 17.6 Å². The first-order valence-corrected chi connectivity index (χ1v) is 14.2. The van der Waals surface area contributed by atoms with E-state index in [9.17, 15) is 0 Å². The average Bonchev–Trinajstić information content (AvgIpc) is 3.36. The van der Waals surface area contributed by atoms with Crippen LogP contribution in [0.1, 0.15) is 18.9 Å². The number of allylic oxidation sites excluding steroid dienone is 8. The molecule has 0 bridgehead atoms. The van der Waals surface area contributed by atoms with Crippen molar-refractivity contribution in [2.75, 3.05) is 0 Å². The third kappa shape index (κ3) is 4.56. The van der Waals surface area contributed by atoms with E-state index in [4.69, 9.17) is 0 Å². The largest absolute Gasteiger partial charge is 0.135 e. The molecule has 1 heteroatoms. The van der Waals surface area contributed by atoms with Crippen LogP contribution in [0.4, 0.5) is 0 Å². The second-order valence-corrected chi connectivity index (χ2v) is 10.8. The van der Waals surface area contributed by atoms with Gasteiger partial charge in [-0.2, -0.15) is 0 Å². The van der Waals surface area contributed by atoms with Crippen molar-refractivity contribution in [2.24, 2.45) is 0 Å². The van der Waals surface area contributed by atoms with Crippen LogP contribution < -0.4 is 0 Å². The fourth-order valence-electron chi connectivity index (χ4n) is 5.45. The molecule has 0 nitrogen and oxygen atoms in total. The standard InChI is InChI=1S/C38H30S/c1-4-5-6-7-15-26(2)24-25-27(3)36-29-17-8-10-19-31(29)37(32-20-11-9-18-30(32)36)34-22-14-21-33-28-16-12-13-23-35(28)39-38(33)34/h5-25H,2-4H2,1H3/b6-5-,15-7-,25-24-. The Kier molecular flexibility index (Phi) is 6.84. The van der Waals surface area contributed by atoms with Gasteiger partial charge in [-0.15, -0.1) is 11.3 Å². The quantitative estimate of drug-likeness (QED) is 0.146. The molecule has 0 atom stereocenters. The molecule has 0 aliphatic carbocycles. The summed E-state index contributed by atoms with van der Waals surface area (Å²) in [4.78, 5) is 0. The van der Waals surface area contributed by atoms with E-state index in [1.807, 2.05) is 29.6 Å². The molecule has 39 heavy (non-hydrogen) atoms. The third-order valence-electron chi connectivity index (χ3n) is 7.22. The monoisotopic (exact) mass is 518 g/mol. The zero-order chi connectivity index (χ0) is 26.8. The van der Waals surface area contributed by atoms with Crippen LogP contribution in [0.15, 0.2) is 146 Å². The Balaban J connectivity index is 1.57. The van der Waals surface area contributed by atoms with E-state index in [2.05, 4.69) is 129 Å². The van der Waals surface area contributed by atoms with Crippen molar-refractivity contribution in [2.45, 2.75) is 13.3 Å². The molecule has 0 saturated heterocycles. The van der Waals surface area contributed by atoms with E-state index in [0.29, 0.717) is 0 Å². The summed E-state index contributed by atoms with van der Waals surface area (Å²) in [6.07, 6.45) is 13.4. The molecule has 188 valence electrons. The Bertz CT molecular complexity index is 1920. The smallest absolute Gasteiger partial charge is 0.0434 e. The van der Waals surface area contributed by atoms with Crippen LogP contribution in [0.25, 0.3) is 58.4 Å². The topological polar surface area (TPSA) is 0 Å². The van der Waals surface area contributed by atoms with Gasteiger partial charge in [-0.3, -0.25) is 0 Å². The second kappa shape index (κ2) is 10.7. The predicted octanol–water partition coefficient (Wildman–Crippen LogP) is 11.7. The van der Waals surface area contributed by atoms with Gasteiger partial charge in [0.25, 0.3) is 0 Å². The molecule has 0 fully saturated rings. The Labute approximate surface area is 234 Å². The number of rotatable bonds is 7. The Morgan fingerprint density at radius 2 is 1.26 bits per heavy atom. The minimum Gasteiger partial charge on any atom is -0.135 e. The van der Waals surface area contributed by atoms with E-state index in [-0.39, 0.29) is 0 Å². The average molecular weight is 519 g/mol. The molecule has 0 aliphatic heterocycles. The zero-order valence-electron chi connectivity index (χ0n) is 22.2. The van der Waals surface area contributed by atoms with E-state index in [1.165, 1.54) is 58.4 Å². The summed E-state index contributed by atoms with van der Waals surface area (Å²) in [5.41, 5.74) is 5.67. The number of fused-ring (bicyclic) bond motifs is 5. The maximum atomic E-state index is 4.52. The van der Waals surface area contributed by atoms with Crippen LogP contribution >= 0.6 is 11.3 Å². The maximum absolute atomic E-state index is 4.52. The predicted molar refractivity (Wildman–Crippen MR) is 176 cm³/mol. The van der Waals surface area contributed by atoms with Crippen molar-refractivity contribution in [1.82, 2.24) is 0 Å². The van der Waals surface area contributed by atoms with Crippen LogP contribution in [0.5, 0.6) is 0 Å². The summed E-state index contributed by atoms with van der Waals surface area (Å²) < 4.78 is 2.66. The molecule has 0 aliphatic rings. The highest BCUT2D eigenvalue weighted by Gasteiger charge is 2.18. The molecule has 0 unspecified atom stereocenters. The first kappa shape index (κ1) is 24.9. The summed E-state index contributed by atoms with van der Waals surface area (Å²) in [6, 6.07) is 33.0. The lowest BCUT2D eigenvalue weighted by Gasteiger charge is -2.18. The molecule has 6 rings (SSSR count). The SMILES string of the molecule is C=C(/C=C\C=C/CC)/C=C\C(=C)c1c2ccccc2c(-c2cccc3c2sc2ccccc23)c2ccccc12. The molecular weight excluding hydrogens is 488 g/mol. The minimum atomic E-state index is 0.943. The van der Waals surface area contributed by atoms with Gasteiger partial charge in [-0.05, 0) is 56.3 Å². The maximum Gasteiger partial charge on any atom is 0.0434 e.